The first-order valence-electron chi connectivity index (χ1n) is 16.2. The van der Waals surface area contributed by atoms with Crippen molar-refractivity contribution in [1.29, 1.82) is 0 Å². The normalized spacial score (nSPS) is 27.7. The Morgan fingerprint density at radius 3 is 1.74 bits per heavy atom. The molecule has 0 saturated heterocycles. The van der Waals surface area contributed by atoms with Crippen molar-refractivity contribution in [2.24, 2.45) is 70.0 Å². The van der Waals surface area contributed by atoms with Gasteiger partial charge in [0.15, 0.2) is 0 Å². The molecule has 35 heavy (non-hydrogen) atoms. The van der Waals surface area contributed by atoms with Crippen LogP contribution in [0.25, 0.3) is 0 Å². The summed E-state index contributed by atoms with van der Waals surface area (Å²) in [7, 11) is 0. The van der Waals surface area contributed by atoms with Crippen LogP contribution in [-0.2, 0) is 0 Å². The highest BCUT2D eigenvalue weighted by Crippen LogP contribution is 2.59. The second-order valence-electron chi connectivity index (χ2n) is 14.9. The molecule has 1 rings (SSSR count). The van der Waals surface area contributed by atoms with E-state index in [2.05, 4.69) is 96.9 Å². The molecule has 10 atom stereocenters. The Morgan fingerprint density at radius 2 is 1.26 bits per heavy atom. The van der Waals surface area contributed by atoms with E-state index >= 15 is 0 Å². The monoisotopic (exact) mass is 491 g/mol. The molecular weight excluding hydrogens is 420 g/mol. The van der Waals surface area contributed by atoms with E-state index in [0.717, 1.165) is 59.2 Å². The molecule has 10 unspecified atom stereocenters. The molecule has 0 nitrogen and oxygen atoms in total. The first kappa shape index (κ1) is 33.0. The van der Waals surface area contributed by atoms with Crippen LogP contribution < -0.4 is 0 Å². The molecule has 1 fully saturated rings. The molecule has 1 aliphatic carbocycles. The first-order chi connectivity index (χ1) is 16.2. The quantitative estimate of drug-likeness (QED) is 0.167. The van der Waals surface area contributed by atoms with Gasteiger partial charge in [-0.05, 0) is 76.4 Å². The number of unbranched alkanes of at least 4 members (excludes halogenated alkanes) is 2. The minimum Gasteiger partial charge on any atom is -0.0651 e. The van der Waals surface area contributed by atoms with Gasteiger partial charge in [0.25, 0.3) is 0 Å². The molecule has 0 aromatic carbocycles. The van der Waals surface area contributed by atoms with Gasteiger partial charge in [-0.3, -0.25) is 0 Å². The Morgan fingerprint density at radius 1 is 0.686 bits per heavy atom. The van der Waals surface area contributed by atoms with Gasteiger partial charge in [-0.1, -0.05) is 148 Å². The Balaban J connectivity index is 2.73. The third kappa shape index (κ3) is 8.24. The molecule has 0 radical (unpaired) electrons. The average Bonchev–Trinajstić information content (AvgIpc) is 3.47. The highest BCUT2D eigenvalue weighted by molar-refractivity contribution is 5.01. The number of hydrogen-bond acceptors (Lipinski definition) is 0. The van der Waals surface area contributed by atoms with Crippen molar-refractivity contribution < 1.29 is 0 Å². The van der Waals surface area contributed by atoms with Gasteiger partial charge in [-0.15, -0.1) is 0 Å². The molecule has 0 aliphatic heterocycles. The Bertz CT molecular complexity index is 573. The summed E-state index contributed by atoms with van der Waals surface area (Å²) in [6, 6.07) is 0. The summed E-state index contributed by atoms with van der Waals surface area (Å²) < 4.78 is 0. The van der Waals surface area contributed by atoms with E-state index in [1.807, 2.05) is 0 Å². The van der Waals surface area contributed by atoms with Gasteiger partial charge in [0.2, 0.25) is 0 Å². The molecule has 0 heteroatoms. The van der Waals surface area contributed by atoms with Gasteiger partial charge < -0.3 is 0 Å². The second-order valence-corrected chi connectivity index (χ2v) is 14.9. The highest BCUT2D eigenvalue weighted by atomic mass is 14.6. The van der Waals surface area contributed by atoms with Crippen LogP contribution in [0.3, 0.4) is 0 Å². The van der Waals surface area contributed by atoms with Crippen LogP contribution in [0, 0.1) is 70.0 Å². The maximum atomic E-state index is 2.61. The average molecular weight is 491 g/mol. The lowest BCUT2D eigenvalue weighted by Crippen LogP contribution is -2.45. The maximum absolute atomic E-state index is 2.61. The number of rotatable bonds is 18. The highest BCUT2D eigenvalue weighted by Gasteiger charge is 2.53. The summed E-state index contributed by atoms with van der Waals surface area (Å²) in [6.07, 6.45) is 12.5. The minimum atomic E-state index is 0.384. The molecule has 0 aromatic heterocycles. The predicted molar refractivity (Wildman–Crippen MR) is 161 cm³/mol. The standard InChI is InChI=1S/C35H70/c1-15-27(8)35(14,17-3)31(16-2)34(12,13)28(9)23-26(7)29(10)33-30(11)32(33)25(6)22-20-18-19-21-24(4)5/h24-33H,15-23H2,1-14H3. The third-order valence-electron chi connectivity index (χ3n) is 12.2. The van der Waals surface area contributed by atoms with Crippen LogP contribution in [0.15, 0.2) is 0 Å². The van der Waals surface area contributed by atoms with Crippen LogP contribution in [-0.4, -0.2) is 0 Å². The predicted octanol–water partition coefficient (Wildman–Crippen LogP) is 11.9. The van der Waals surface area contributed by atoms with Gasteiger partial charge in [0.1, 0.15) is 0 Å². The third-order valence-corrected chi connectivity index (χ3v) is 12.2. The van der Waals surface area contributed by atoms with Crippen molar-refractivity contribution in [2.75, 3.05) is 0 Å². The summed E-state index contributed by atoms with van der Waals surface area (Å²) >= 11 is 0. The Kier molecular flexibility index (Phi) is 13.4. The van der Waals surface area contributed by atoms with Crippen molar-refractivity contribution in [1.82, 2.24) is 0 Å². The lowest BCUT2D eigenvalue weighted by molar-refractivity contribution is -0.0312. The zero-order valence-corrected chi connectivity index (χ0v) is 27.1. The Hall–Kier alpha value is 0. The zero-order chi connectivity index (χ0) is 27.1. The molecule has 0 aromatic rings. The fourth-order valence-corrected chi connectivity index (χ4v) is 8.69. The van der Waals surface area contributed by atoms with Crippen molar-refractivity contribution >= 4 is 0 Å². The fourth-order valence-electron chi connectivity index (χ4n) is 8.69. The van der Waals surface area contributed by atoms with E-state index in [1.54, 1.807) is 0 Å². The maximum Gasteiger partial charge on any atom is -0.0269 e. The molecular formula is C35H70. The summed E-state index contributed by atoms with van der Waals surface area (Å²) in [5, 5.41) is 0. The van der Waals surface area contributed by atoms with E-state index in [0.29, 0.717) is 10.8 Å². The van der Waals surface area contributed by atoms with Gasteiger partial charge >= 0.3 is 0 Å². The van der Waals surface area contributed by atoms with Crippen LogP contribution in [0.1, 0.15) is 155 Å². The van der Waals surface area contributed by atoms with E-state index in [9.17, 15) is 0 Å². The van der Waals surface area contributed by atoms with Gasteiger partial charge in [-0.25, -0.2) is 0 Å². The molecule has 0 bridgehead atoms. The van der Waals surface area contributed by atoms with E-state index < -0.39 is 0 Å². The molecule has 1 aliphatic rings. The van der Waals surface area contributed by atoms with Gasteiger partial charge in [0, 0.05) is 0 Å². The lowest BCUT2D eigenvalue weighted by Gasteiger charge is -2.52. The van der Waals surface area contributed by atoms with E-state index in [4.69, 9.17) is 0 Å². The largest absolute Gasteiger partial charge is 0.0651 e. The van der Waals surface area contributed by atoms with Crippen LogP contribution in [0.4, 0.5) is 0 Å². The number of hydrogen-bond donors (Lipinski definition) is 0. The van der Waals surface area contributed by atoms with Crippen LogP contribution >= 0.6 is 0 Å². The minimum absolute atomic E-state index is 0.384. The zero-order valence-electron chi connectivity index (χ0n) is 27.1. The summed E-state index contributed by atoms with van der Waals surface area (Å²) in [6.45, 7) is 35.3. The Labute approximate surface area is 224 Å². The molecule has 1 saturated carbocycles. The SMILES string of the molecule is CCC(C)C(C)(CC)C(CC)C(C)(C)C(C)CC(C)C(C)C1C(C)C1C(C)CCCCCC(C)C. The van der Waals surface area contributed by atoms with Crippen molar-refractivity contribution in [3.8, 4) is 0 Å². The fraction of sp³-hybridized carbons (Fsp3) is 1.00. The lowest BCUT2D eigenvalue weighted by atomic mass is 9.53. The molecule has 210 valence electrons. The van der Waals surface area contributed by atoms with E-state index in [-0.39, 0.29) is 0 Å². The summed E-state index contributed by atoms with van der Waals surface area (Å²) in [5.41, 5.74) is 0.825. The van der Waals surface area contributed by atoms with Gasteiger partial charge in [-0.2, -0.15) is 0 Å². The van der Waals surface area contributed by atoms with Crippen molar-refractivity contribution in [3.05, 3.63) is 0 Å². The molecule has 0 N–H and O–H groups in total. The molecule has 0 amide bonds. The van der Waals surface area contributed by atoms with E-state index in [1.165, 1.54) is 57.8 Å². The summed E-state index contributed by atoms with van der Waals surface area (Å²) in [5.74, 6) is 8.72. The van der Waals surface area contributed by atoms with Crippen molar-refractivity contribution in [2.45, 2.75) is 155 Å². The van der Waals surface area contributed by atoms with Gasteiger partial charge in [0.05, 0.1) is 0 Å². The smallest absolute Gasteiger partial charge is 0.0269 e. The summed E-state index contributed by atoms with van der Waals surface area (Å²) in [4.78, 5) is 0. The topological polar surface area (TPSA) is 0 Å². The first-order valence-corrected chi connectivity index (χ1v) is 16.2. The second kappa shape index (κ2) is 14.2. The van der Waals surface area contributed by atoms with Crippen molar-refractivity contribution in [3.63, 3.8) is 0 Å². The molecule has 0 spiro atoms. The molecule has 0 heterocycles. The van der Waals surface area contributed by atoms with Crippen LogP contribution in [0.2, 0.25) is 0 Å². The van der Waals surface area contributed by atoms with Crippen LogP contribution in [0.5, 0.6) is 0 Å².